The zero-order valence-electron chi connectivity index (χ0n) is 12.3. The van der Waals surface area contributed by atoms with Crippen molar-refractivity contribution < 1.29 is 18.3 Å². The molecule has 114 valence electrons. The second-order valence-electron chi connectivity index (χ2n) is 4.87. The van der Waals surface area contributed by atoms with Crippen LogP contribution >= 0.6 is 0 Å². The van der Waals surface area contributed by atoms with E-state index in [1.807, 2.05) is 13.0 Å². The minimum atomic E-state index is -2.53. The van der Waals surface area contributed by atoms with Gasteiger partial charge in [-0.15, -0.1) is 0 Å². The molecule has 0 heterocycles. The Kier molecular flexibility index (Phi) is 5.04. The Bertz CT molecular complexity index is 706. The van der Waals surface area contributed by atoms with Crippen molar-refractivity contribution in [3.8, 4) is 5.75 Å². The Morgan fingerprint density at radius 2 is 1.95 bits per heavy atom. The average molecular weight is 302 g/mol. The van der Waals surface area contributed by atoms with Crippen molar-refractivity contribution in [2.75, 3.05) is 7.11 Å². The summed E-state index contributed by atoms with van der Waals surface area (Å²) in [6.07, 6.45) is 0.360. The Labute approximate surface area is 128 Å². The maximum absolute atomic E-state index is 12.6. The summed E-state index contributed by atoms with van der Waals surface area (Å²) in [7, 11) is 1.50. The Balaban J connectivity index is 2.25. The van der Waals surface area contributed by atoms with Gasteiger partial charge in [0.2, 0.25) is 0 Å². The van der Waals surface area contributed by atoms with Crippen LogP contribution in [0.3, 0.4) is 0 Å². The zero-order valence-corrected chi connectivity index (χ0v) is 12.3. The second kappa shape index (κ2) is 6.98. The summed E-state index contributed by atoms with van der Waals surface area (Å²) in [5, 5.41) is 0. The lowest BCUT2D eigenvalue weighted by atomic mass is 10.0. The lowest BCUT2D eigenvalue weighted by Gasteiger charge is -2.06. The smallest absolute Gasteiger partial charge is 0.263 e. The van der Waals surface area contributed by atoms with Gasteiger partial charge in [-0.1, -0.05) is 35.9 Å². The fourth-order valence-electron chi connectivity index (χ4n) is 2.07. The molecular formula is C18H16F2O2. The van der Waals surface area contributed by atoms with E-state index < -0.39 is 6.43 Å². The number of aryl methyl sites for hydroxylation is 1. The number of alkyl halides is 2. The molecule has 0 aromatic heterocycles. The molecule has 22 heavy (non-hydrogen) atoms. The van der Waals surface area contributed by atoms with Crippen molar-refractivity contribution in [3.05, 3.63) is 70.8 Å². The predicted octanol–water partition coefficient (Wildman–Crippen LogP) is 4.84. The van der Waals surface area contributed by atoms with Gasteiger partial charge in [-0.05, 0) is 36.8 Å². The van der Waals surface area contributed by atoms with Crippen LogP contribution in [0.5, 0.6) is 5.75 Å². The van der Waals surface area contributed by atoms with Crippen LogP contribution in [-0.2, 0) is 0 Å². The van der Waals surface area contributed by atoms with Gasteiger partial charge in [0.05, 0.1) is 12.7 Å². The lowest BCUT2D eigenvalue weighted by molar-refractivity contribution is 0.104. The van der Waals surface area contributed by atoms with Crippen molar-refractivity contribution in [2.45, 2.75) is 13.3 Å². The number of carbonyl (C=O) groups is 1. The van der Waals surface area contributed by atoms with Crippen molar-refractivity contribution >= 4 is 11.9 Å². The Morgan fingerprint density at radius 3 is 2.64 bits per heavy atom. The average Bonchev–Trinajstić information content (AvgIpc) is 2.52. The van der Waals surface area contributed by atoms with Crippen LogP contribution in [0, 0.1) is 6.92 Å². The fourth-order valence-corrected chi connectivity index (χ4v) is 2.07. The molecule has 0 N–H and O–H groups in total. The summed E-state index contributed by atoms with van der Waals surface area (Å²) in [6.45, 7) is 1.88. The normalized spacial score (nSPS) is 11.1. The molecule has 0 aliphatic heterocycles. The number of hydrogen-bond donors (Lipinski definition) is 0. The van der Waals surface area contributed by atoms with Crippen molar-refractivity contribution in [2.24, 2.45) is 0 Å². The van der Waals surface area contributed by atoms with Crippen LogP contribution in [0.25, 0.3) is 6.08 Å². The first-order valence-electron chi connectivity index (χ1n) is 6.76. The number of methoxy groups -OCH3 is 1. The summed E-state index contributed by atoms with van der Waals surface area (Å²) in [5.74, 6) is 0.254. The number of allylic oxidation sites excluding steroid dienone is 1. The third-order valence-corrected chi connectivity index (χ3v) is 3.21. The summed E-state index contributed by atoms with van der Waals surface area (Å²) in [6, 6.07) is 11.2. The van der Waals surface area contributed by atoms with E-state index in [0.29, 0.717) is 16.9 Å². The van der Waals surface area contributed by atoms with Crippen LogP contribution in [0.15, 0.2) is 48.5 Å². The predicted molar refractivity (Wildman–Crippen MR) is 82.5 cm³/mol. The molecule has 0 saturated heterocycles. The largest absolute Gasteiger partial charge is 0.496 e. The van der Waals surface area contributed by atoms with Gasteiger partial charge < -0.3 is 4.74 Å². The molecule has 2 aromatic carbocycles. The highest BCUT2D eigenvalue weighted by atomic mass is 19.3. The first-order chi connectivity index (χ1) is 10.5. The summed E-state index contributed by atoms with van der Waals surface area (Å²) in [5.41, 5.74) is 1.88. The van der Waals surface area contributed by atoms with E-state index in [9.17, 15) is 13.6 Å². The SMILES string of the molecule is COc1ccc(C)cc1C(=O)/C=C/c1cccc(C(F)F)c1. The van der Waals surface area contributed by atoms with Gasteiger partial charge in [0.25, 0.3) is 6.43 Å². The molecule has 0 saturated carbocycles. The van der Waals surface area contributed by atoms with Gasteiger partial charge in [0.15, 0.2) is 5.78 Å². The fraction of sp³-hybridized carbons (Fsp3) is 0.167. The third kappa shape index (κ3) is 3.79. The molecule has 0 spiro atoms. The number of rotatable bonds is 5. The quantitative estimate of drug-likeness (QED) is 0.583. The van der Waals surface area contributed by atoms with Crippen molar-refractivity contribution in [3.63, 3.8) is 0 Å². The maximum Gasteiger partial charge on any atom is 0.263 e. The van der Waals surface area contributed by atoms with Gasteiger partial charge in [-0.3, -0.25) is 4.79 Å². The topological polar surface area (TPSA) is 26.3 Å². The molecule has 2 nitrogen and oxygen atoms in total. The number of hydrogen-bond acceptors (Lipinski definition) is 2. The molecule has 0 fully saturated rings. The molecule has 0 radical (unpaired) electrons. The Morgan fingerprint density at radius 1 is 1.18 bits per heavy atom. The van der Waals surface area contributed by atoms with Crippen LogP contribution in [-0.4, -0.2) is 12.9 Å². The van der Waals surface area contributed by atoms with Crippen LogP contribution in [0.2, 0.25) is 0 Å². The van der Waals surface area contributed by atoms with E-state index in [0.717, 1.165) is 5.56 Å². The Hall–Kier alpha value is -2.49. The zero-order chi connectivity index (χ0) is 16.1. The molecule has 2 aromatic rings. The number of ether oxygens (including phenoxy) is 1. The molecule has 0 aliphatic rings. The van der Waals surface area contributed by atoms with Crippen molar-refractivity contribution in [1.29, 1.82) is 0 Å². The highest BCUT2D eigenvalue weighted by Crippen LogP contribution is 2.22. The number of carbonyl (C=O) groups excluding carboxylic acids is 1. The van der Waals surface area contributed by atoms with E-state index in [4.69, 9.17) is 4.74 Å². The van der Waals surface area contributed by atoms with Gasteiger partial charge in [-0.2, -0.15) is 0 Å². The minimum Gasteiger partial charge on any atom is -0.496 e. The maximum atomic E-state index is 12.6. The molecule has 0 atom stereocenters. The molecule has 2 rings (SSSR count). The first kappa shape index (κ1) is 15.9. The number of halogens is 2. The molecule has 0 aliphatic carbocycles. The van der Waals surface area contributed by atoms with Gasteiger partial charge in [-0.25, -0.2) is 8.78 Å². The highest BCUT2D eigenvalue weighted by molar-refractivity contribution is 6.08. The number of benzene rings is 2. The van der Waals surface area contributed by atoms with Gasteiger partial charge in [0, 0.05) is 5.56 Å². The van der Waals surface area contributed by atoms with Crippen molar-refractivity contribution in [1.82, 2.24) is 0 Å². The second-order valence-corrected chi connectivity index (χ2v) is 4.87. The van der Waals surface area contributed by atoms with E-state index in [1.54, 1.807) is 24.3 Å². The molecular weight excluding hydrogens is 286 g/mol. The standard InChI is InChI=1S/C18H16F2O2/c1-12-6-9-17(22-2)15(10-12)16(21)8-7-13-4-3-5-14(11-13)18(19)20/h3-11,18H,1-2H3/b8-7+. The molecule has 0 amide bonds. The molecule has 4 heteroatoms. The monoisotopic (exact) mass is 302 g/mol. The summed E-state index contributed by atoms with van der Waals surface area (Å²) in [4.78, 5) is 12.3. The number of ketones is 1. The minimum absolute atomic E-state index is 0.0669. The highest BCUT2D eigenvalue weighted by Gasteiger charge is 2.10. The third-order valence-electron chi connectivity index (χ3n) is 3.21. The van der Waals surface area contributed by atoms with E-state index in [2.05, 4.69) is 0 Å². The lowest BCUT2D eigenvalue weighted by Crippen LogP contribution is -1.99. The summed E-state index contributed by atoms with van der Waals surface area (Å²) < 4.78 is 30.5. The van der Waals surface area contributed by atoms with E-state index >= 15 is 0 Å². The molecule has 0 unspecified atom stereocenters. The first-order valence-corrected chi connectivity index (χ1v) is 6.76. The van der Waals surface area contributed by atoms with Gasteiger partial charge in [0.1, 0.15) is 5.75 Å². The van der Waals surface area contributed by atoms with Crippen LogP contribution in [0.4, 0.5) is 8.78 Å². The summed E-state index contributed by atoms with van der Waals surface area (Å²) >= 11 is 0. The van der Waals surface area contributed by atoms with E-state index in [1.165, 1.54) is 31.4 Å². The van der Waals surface area contributed by atoms with Crippen LogP contribution in [0.1, 0.15) is 33.5 Å². The van der Waals surface area contributed by atoms with Gasteiger partial charge >= 0.3 is 0 Å². The van der Waals surface area contributed by atoms with Crippen LogP contribution < -0.4 is 4.74 Å². The molecule has 0 bridgehead atoms. The van der Waals surface area contributed by atoms with E-state index in [-0.39, 0.29) is 11.3 Å².